The number of nitrogens with one attached hydrogen (secondary N) is 2. The first-order valence-electron chi connectivity index (χ1n) is 9.08. The molecule has 26 heavy (non-hydrogen) atoms. The summed E-state index contributed by atoms with van der Waals surface area (Å²) in [6.45, 7) is 1.89. The Morgan fingerprint density at radius 1 is 1.19 bits per heavy atom. The van der Waals surface area contributed by atoms with Gasteiger partial charge in [0.25, 0.3) is 0 Å². The van der Waals surface area contributed by atoms with Gasteiger partial charge in [0.1, 0.15) is 6.04 Å². The number of aromatic nitrogens is 2. The predicted molar refractivity (Wildman–Crippen MR) is 96.1 cm³/mol. The summed E-state index contributed by atoms with van der Waals surface area (Å²) in [5.41, 5.74) is 2.43. The number of fused-ring (bicyclic) bond motifs is 3. The third kappa shape index (κ3) is 2.08. The number of aryl methyl sites for hydroxylation is 1. The molecule has 8 nitrogen and oxygen atoms in total. The van der Waals surface area contributed by atoms with E-state index in [1.807, 2.05) is 12.1 Å². The lowest BCUT2D eigenvalue weighted by molar-refractivity contribution is -0.135. The molecule has 8 heteroatoms. The van der Waals surface area contributed by atoms with Crippen LogP contribution in [0.15, 0.2) is 23.0 Å². The lowest BCUT2D eigenvalue weighted by Crippen LogP contribution is -2.44. The van der Waals surface area contributed by atoms with E-state index in [2.05, 4.69) is 21.6 Å². The molecule has 0 saturated carbocycles. The second-order valence-electron chi connectivity index (χ2n) is 7.47. The Balaban J connectivity index is 1.66. The molecule has 2 aromatic rings. The summed E-state index contributed by atoms with van der Waals surface area (Å²) in [6, 6.07) is 6.19. The van der Waals surface area contributed by atoms with Crippen molar-refractivity contribution >= 4 is 28.5 Å². The van der Waals surface area contributed by atoms with Gasteiger partial charge in [-0.2, -0.15) is 0 Å². The monoisotopic (exact) mass is 355 g/mol. The fourth-order valence-electron chi connectivity index (χ4n) is 4.74. The number of imidazole rings is 1. The number of piperazine rings is 1. The van der Waals surface area contributed by atoms with Crippen LogP contribution in [0, 0.1) is 0 Å². The Kier molecular flexibility index (Phi) is 3.27. The molecule has 2 N–H and O–H groups in total. The second kappa shape index (κ2) is 5.44. The Morgan fingerprint density at radius 3 is 2.73 bits per heavy atom. The maximum Gasteiger partial charge on any atom is 0.329 e. The average molecular weight is 355 g/mol. The van der Waals surface area contributed by atoms with Crippen LogP contribution in [0.3, 0.4) is 0 Å². The van der Waals surface area contributed by atoms with E-state index >= 15 is 0 Å². The molecule has 0 aliphatic carbocycles. The number of anilines is 1. The van der Waals surface area contributed by atoms with Gasteiger partial charge in [-0.15, -0.1) is 0 Å². The molecule has 136 valence electrons. The minimum atomic E-state index is -0.643. The normalized spacial score (nSPS) is 28.2. The first-order chi connectivity index (χ1) is 12.5. The van der Waals surface area contributed by atoms with Crippen molar-refractivity contribution in [2.45, 2.75) is 37.4 Å². The van der Waals surface area contributed by atoms with Crippen molar-refractivity contribution in [2.75, 3.05) is 18.0 Å². The maximum absolute atomic E-state index is 13.0. The summed E-state index contributed by atoms with van der Waals surface area (Å²) in [5, 5.41) is 5.85. The van der Waals surface area contributed by atoms with Crippen molar-refractivity contribution in [2.24, 2.45) is 7.05 Å². The van der Waals surface area contributed by atoms with E-state index in [-0.39, 0.29) is 18.0 Å². The van der Waals surface area contributed by atoms with E-state index in [0.717, 1.165) is 36.2 Å². The SMILES string of the molecule is Cn1c(=O)n(C2CCC(=O)NC2=O)c2cccc(N3C[C@@H]4C[C@H]3CN4)c21. The highest BCUT2D eigenvalue weighted by atomic mass is 16.2. The van der Waals surface area contributed by atoms with E-state index in [4.69, 9.17) is 0 Å². The number of hydrogen-bond donors (Lipinski definition) is 2. The summed E-state index contributed by atoms with van der Waals surface area (Å²) < 4.78 is 3.18. The number of hydrogen-bond acceptors (Lipinski definition) is 5. The number of nitrogens with zero attached hydrogens (tertiary/aromatic N) is 3. The molecule has 3 saturated heterocycles. The standard InChI is InChI=1S/C18H21N5O3/c1-21-16-12(22-9-10-7-11(22)8-19-10)3-2-4-13(16)23(18(21)26)14-5-6-15(24)20-17(14)25/h2-4,10-11,14,19H,5-9H2,1H3,(H,20,24,25)/t10-,11-,14?/m0/s1. The van der Waals surface area contributed by atoms with E-state index in [9.17, 15) is 14.4 Å². The molecular weight excluding hydrogens is 334 g/mol. The Bertz CT molecular complexity index is 991. The molecule has 0 radical (unpaired) electrons. The van der Waals surface area contributed by atoms with Crippen molar-refractivity contribution < 1.29 is 9.59 Å². The molecule has 1 aromatic carbocycles. The van der Waals surface area contributed by atoms with Crippen LogP contribution in [0.25, 0.3) is 11.0 Å². The fraction of sp³-hybridized carbons (Fsp3) is 0.500. The molecule has 1 unspecified atom stereocenters. The number of piperidine rings is 1. The van der Waals surface area contributed by atoms with Crippen molar-refractivity contribution in [3.05, 3.63) is 28.7 Å². The molecule has 1 aromatic heterocycles. The van der Waals surface area contributed by atoms with Crippen LogP contribution in [0.4, 0.5) is 5.69 Å². The number of rotatable bonds is 2. The number of carbonyl (C=O) groups excluding carboxylic acids is 2. The molecule has 5 rings (SSSR count). The highest BCUT2D eigenvalue weighted by molar-refractivity contribution is 6.00. The van der Waals surface area contributed by atoms with E-state index in [1.54, 1.807) is 16.2 Å². The minimum Gasteiger partial charge on any atom is -0.364 e. The van der Waals surface area contributed by atoms with Gasteiger partial charge in [-0.3, -0.25) is 24.0 Å². The lowest BCUT2D eigenvalue weighted by atomic mass is 10.1. The zero-order chi connectivity index (χ0) is 18.0. The van der Waals surface area contributed by atoms with Gasteiger partial charge in [-0.25, -0.2) is 4.79 Å². The third-order valence-electron chi connectivity index (χ3n) is 5.97. The Hall–Kier alpha value is -2.61. The molecule has 0 spiro atoms. The highest BCUT2D eigenvalue weighted by Crippen LogP contribution is 2.35. The summed E-state index contributed by atoms with van der Waals surface area (Å²) >= 11 is 0. The van der Waals surface area contributed by atoms with E-state index in [1.165, 1.54) is 0 Å². The van der Waals surface area contributed by atoms with Crippen molar-refractivity contribution in [3.63, 3.8) is 0 Å². The molecule has 3 aliphatic rings. The van der Waals surface area contributed by atoms with Gasteiger partial charge in [0.15, 0.2) is 0 Å². The zero-order valence-electron chi connectivity index (χ0n) is 14.6. The first kappa shape index (κ1) is 15.6. The Morgan fingerprint density at radius 2 is 2.04 bits per heavy atom. The van der Waals surface area contributed by atoms with Gasteiger partial charge in [0.05, 0.1) is 16.7 Å². The summed E-state index contributed by atoms with van der Waals surface area (Å²) in [4.78, 5) is 39.1. The fourth-order valence-corrected chi connectivity index (χ4v) is 4.74. The van der Waals surface area contributed by atoms with Crippen LogP contribution in [-0.2, 0) is 16.6 Å². The smallest absolute Gasteiger partial charge is 0.329 e. The van der Waals surface area contributed by atoms with Gasteiger partial charge in [0.2, 0.25) is 11.8 Å². The molecule has 3 atom stereocenters. The quantitative estimate of drug-likeness (QED) is 0.733. The van der Waals surface area contributed by atoms with E-state index < -0.39 is 11.9 Å². The number of benzene rings is 1. The van der Waals surface area contributed by atoms with Crippen LogP contribution in [0.5, 0.6) is 0 Å². The molecule has 3 aliphatic heterocycles. The Labute approximate surface area is 149 Å². The van der Waals surface area contributed by atoms with Crippen molar-refractivity contribution in [3.8, 4) is 0 Å². The van der Waals surface area contributed by atoms with Gasteiger partial charge in [-0.1, -0.05) is 6.07 Å². The molecule has 3 fully saturated rings. The summed E-state index contributed by atoms with van der Waals surface area (Å²) in [6.07, 6.45) is 1.73. The average Bonchev–Trinajstić information content (AvgIpc) is 3.31. The van der Waals surface area contributed by atoms with Crippen LogP contribution in [0.2, 0.25) is 0 Å². The van der Waals surface area contributed by atoms with Gasteiger partial charge < -0.3 is 10.2 Å². The second-order valence-corrected chi connectivity index (χ2v) is 7.47. The zero-order valence-corrected chi connectivity index (χ0v) is 14.6. The lowest BCUT2D eigenvalue weighted by Gasteiger charge is -2.30. The largest absolute Gasteiger partial charge is 0.364 e. The van der Waals surface area contributed by atoms with Gasteiger partial charge in [0, 0.05) is 38.6 Å². The van der Waals surface area contributed by atoms with Crippen LogP contribution in [0.1, 0.15) is 25.3 Å². The predicted octanol–water partition coefficient (Wildman–Crippen LogP) is -0.132. The van der Waals surface area contributed by atoms with Crippen LogP contribution < -0.4 is 21.2 Å². The number of carbonyl (C=O) groups is 2. The van der Waals surface area contributed by atoms with Crippen molar-refractivity contribution in [1.29, 1.82) is 0 Å². The number of amides is 2. The molecule has 4 heterocycles. The van der Waals surface area contributed by atoms with E-state index in [0.29, 0.717) is 18.5 Å². The summed E-state index contributed by atoms with van der Waals surface area (Å²) in [7, 11) is 1.75. The number of imide groups is 1. The highest BCUT2D eigenvalue weighted by Gasteiger charge is 2.39. The van der Waals surface area contributed by atoms with Crippen molar-refractivity contribution in [1.82, 2.24) is 19.8 Å². The molecule has 2 bridgehead atoms. The first-order valence-corrected chi connectivity index (χ1v) is 9.08. The topological polar surface area (TPSA) is 88.4 Å². The van der Waals surface area contributed by atoms with Crippen LogP contribution in [-0.4, -0.2) is 46.1 Å². The minimum absolute atomic E-state index is 0.218. The molecule has 2 amide bonds. The molecular formula is C18H21N5O3. The van der Waals surface area contributed by atoms with Gasteiger partial charge in [-0.05, 0) is 25.0 Å². The van der Waals surface area contributed by atoms with Crippen LogP contribution >= 0.6 is 0 Å². The maximum atomic E-state index is 13.0. The third-order valence-corrected chi connectivity index (χ3v) is 5.97. The number of para-hydroxylation sites is 1. The van der Waals surface area contributed by atoms with Gasteiger partial charge >= 0.3 is 5.69 Å². The summed E-state index contributed by atoms with van der Waals surface area (Å²) in [5.74, 6) is -0.675.